The van der Waals surface area contributed by atoms with Crippen LogP contribution in [0.3, 0.4) is 0 Å². The fraction of sp³-hybridized carbons (Fsp3) is 0.286. The van der Waals surface area contributed by atoms with Crippen LogP contribution in [0.15, 0.2) is 36.8 Å². The molecule has 1 saturated heterocycles. The van der Waals surface area contributed by atoms with Crippen LogP contribution in [0.5, 0.6) is 0 Å². The highest BCUT2D eigenvalue weighted by atomic mass is 35.5. The number of imidazole rings is 1. The number of hydrogen-bond donors (Lipinski definition) is 0. The summed E-state index contributed by atoms with van der Waals surface area (Å²) < 4.78 is 2.06. The molecule has 5 heteroatoms. The smallest absolute Gasteiger partial charge is 0.256 e. The van der Waals surface area contributed by atoms with Gasteiger partial charge in [-0.3, -0.25) is 4.79 Å². The highest BCUT2D eigenvalue weighted by Gasteiger charge is 2.36. The third-order valence-electron chi connectivity index (χ3n) is 3.92. The molecular weight excluding hydrogens is 262 g/mol. The number of benzene rings is 1. The van der Waals surface area contributed by atoms with Gasteiger partial charge in [0.1, 0.15) is 0 Å². The zero-order chi connectivity index (χ0) is 12.1. The largest absolute Gasteiger partial charge is 0.330 e. The van der Waals surface area contributed by atoms with Gasteiger partial charge in [0, 0.05) is 6.54 Å². The van der Waals surface area contributed by atoms with E-state index in [-0.39, 0.29) is 24.4 Å². The van der Waals surface area contributed by atoms with Crippen molar-refractivity contribution in [3.63, 3.8) is 0 Å². The summed E-state index contributed by atoms with van der Waals surface area (Å²) in [6.45, 7) is 0.850. The van der Waals surface area contributed by atoms with Crippen LogP contribution in [0, 0.1) is 0 Å². The number of nitrogens with zero attached hydrogens (tertiary/aromatic N) is 3. The van der Waals surface area contributed by atoms with Crippen molar-refractivity contribution >= 4 is 18.3 Å². The molecular formula is C14H14ClN3O. The maximum Gasteiger partial charge on any atom is 0.256 e. The third kappa shape index (κ3) is 1.60. The molecule has 0 radical (unpaired) electrons. The van der Waals surface area contributed by atoms with Crippen LogP contribution >= 0.6 is 12.4 Å². The predicted molar refractivity (Wildman–Crippen MR) is 73.8 cm³/mol. The molecule has 0 N–H and O–H groups in total. The van der Waals surface area contributed by atoms with Crippen LogP contribution < -0.4 is 0 Å². The first-order valence-corrected chi connectivity index (χ1v) is 6.29. The van der Waals surface area contributed by atoms with Gasteiger partial charge in [0.05, 0.1) is 35.5 Å². The van der Waals surface area contributed by atoms with Gasteiger partial charge in [0.25, 0.3) is 5.91 Å². The molecule has 98 valence electrons. The van der Waals surface area contributed by atoms with E-state index in [0.717, 1.165) is 36.3 Å². The van der Waals surface area contributed by atoms with Crippen LogP contribution in [0.2, 0.25) is 0 Å². The molecule has 2 aliphatic heterocycles. The Morgan fingerprint density at radius 1 is 1.26 bits per heavy atom. The van der Waals surface area contributed by atoms with Crippen molar-refractivity contribution < 1.29 is 4.79 Å². The lowest BCUT2D eigenvalue weighted by molar-refractivity contribution is 0.0738. The van der Waals surface area contributed by atoms with E-state index >= 15 is 0 Å². The van der Waals surface area contributed by atoms with Crippen LogP contribution in [-0.2, 0) is 0 Å². The van der Waals surface area contributed by atoms with Crippen LogP contribution in [0.4, 0.5) is 0 Å². The molecule has 1 aromatic carbocycles. The van der Waals surface area contributed by atoms with Crippen molar-refractivity contribution in [2.75, 3.05) is 6.54 Å². The number of rotatable bonds is 0. The summed E-state index contributed by atoms with van der Waals surface area (Å²) >= 11 is 0. The number of carbonyl (C=O) groups excluding carboxylic acids is 1. The highest BCUT2D eigenvalue weighted by Crippen LogP contribution is 2.37. The minimum Gasteiger partial charge on any atom is -0.330 e. The fourth-order valence-corrected chi connectivity index (χ4v) is 3.09. The van der Waals surface area contributed by atoms with E-state index in [9.17, 15) is 4.79 Å². The van der Waals surface area contributed by atoms with Gasteiger partial charge in [-0.15, -0.1) is 12.4 Å². The standard InChI is InChI=1S/C14H13N3O.ClH/c18-14-10-4-1-2-5-11(10)17-9-15-8-13(17)12-6-3-7-16(12)14;/h1-2,4-5,8-9,12H,3,6-7H2;1H. The van der Waals surface area contributed by atoms with Crippen molar-refractivity contribution in [2.45, 2.75) is 18.9 Å². The molecule has 0 aliphatic carbocycles. The fourth-order valence-electron chi connectivity index (χ4n) is 3.09. The molecule has 19 heavy (non-hydrogen) atoms. The predicted octanol–water partition coefficient (Wildman–Crippen LogP) is 2.58. The summed E-state index contributed by atoms with van der Waals surface area (Å²) in [5.74, 6) is 0.150. The summed E-state index contributed by atoms with van der Waals surface area (Å²) in [4.78, 5) is 18.8. The minimum atomic E-state index is 0. The molecule has 4 nitrogen and oxygen atoms in total. The Morgan fingerprint density at radius 2 is 2.11 bits per heavy atom. The van der Waals surface area contributed by atoms with Crippen molar-refractivity contribution in [1.29, 1.82) is 0 Å². The normalized spacial score (nSPS) is 20.1. The van der Waals surface area contributed by atoms with Gasteiger partial charge in [-0.25, -0.2) is 4.98 Å². The topological polar surface area (TPSA) is 38.1 Å². The van der Waals surface area contributed by atoms with E-state index in [1.54, 1.807) is 0 Å². The lowest BCUT2D eigenvalue weighted by Gasteiger charge is -2.21. The molecule has 1 fully saturated rings. The second-order valence-electron chi connectivity index (χ2n) is 4.86. The maximum absolute atomic E-state index is 12.6. The first-order chi connectivity index (χ1) is 8.86. The number of fused-ring (bicyclic) bond motifs is 5. The average Bonchev–Trinajstić information content (AvgIpc) is 3.04. The quantitative estimate of drug-likeness (QED) is 0.741. The molecule has 0 saturated carbocycles. The average molecular weight is 276 g/mol. The van der Waals surface area contributed by atoms with Crippen molar-refractivity contribution in [2.24, 2.45) is 0 Å². The molecule has 1 atom stereocenters. The molecule has 3 heterocycles. The Hall–Kier alpha value is -1.81. The van der Waals surface area contributed by atoms with E-state index in [1.165, 1.54) is 0 Å². The number of halogens is 1. The van der Waals surface area contributed by atoms with E-state index in [4.69, 9.17) is 0 Å². The van der Waals surface area contributed by atoms with E-state index in [2.05, 4.69) is 9.55 Å². The number of aromatic nitrogens is 2. The minimum absolute atomic E-state index is 0. The number of para-hydroxylation sites is 1. The Bertz CT molecular complexity index is 637. The van der Waals surface area contributed by atoms with Crippen molar-refractivity contribution in [1.82, 2.24) is 14.5 Å². The first kappa shape index (κ1) is 12.2. The van der Waals surface area contributed by atoms with Gasteiger partial charge in [-0.2, -0.15) is 0 Å². The Labute approximate surface area is 117 Å². The van der Waals surface area contributed by atoms with E-state index in [0.29, 0.717) is 0 Å². The maximum atomic E-state index is 12.6. The van der Waals surface area contributed by atoms with Gasteiger partial charge in [-0.1, -0.05) is 12.1 Å². The summed E-state index contributed by atoms with van der Waals surface area (Å²) in [5.41, 5.74) is 2.86. The Kier molecular flexibility index (Phi) is 2.82. The molecule has 2 aromatic rings. The number of amides is 1. The second kappa shape index (κ2) is 4.38. The molecule has 1 amide bonds. The third-order valence-corrected chi connectivity index (χ3v) is 3.92. The molecule has 4 rings (SSSR count). The van der Waals surface area contributed by atoms with E-state index in [1.807, 2.05) is 41.7 Å². The second-order valence-corrected chi connectivity index (χ2v) is 4.86. The van der Waals surface area contributed by atoms with Gasteiger partial charge in [-0.05, 0) is 25.0 Å². The molecule has 0 bridgehead atoms. The first-order valence-electron chi connectivity index (χ1n) is 6.29. The molecule has 2 aliphatic rings. The zero-order valence-electron chi connectivity index (χ0n) is 10.3. The lowest BCUT2D eigenvalue weighted by Crippen LogP contribution is -2.29. The lowest BCUT2D eigenvalue weighted by atomic mass is 10.1. The summed E-state index contributed by atoms with van der Waals surface area (Å²) in [7, 11) is 0. The summed E-state index contributed by atoms with van der Waals surface area (Å²) in [6, 6.07) is 7.96. The molecule has 1 unspecified atom stereocenters. The Balaban J connectivity index is 0.00000110. The van der Waals surface area contributed by atoms with Crippen molar-refractivity contribution in [3.05, 3.63) is 48.0 Å². The van der Waals surface area contributed by atoms with Gasteiger partial charge in [0.2, 0.25) is 0 Å². The van der Waals surface area contributed by atoms with Crippen LogP contribution in [0.1, 0.15) is 34.9 Å². The van der Waals surface area contributed by atoms with Crippen LogP contribution in [0.25, 0.3) is 5.69 Å². The summed E-state index contributed by atoms with van der Waals surface area (Å²) in [5, 5.41) is 0. The monoisotopic (exact) mass is 275 g/mol. The van der Waals surface area contributed by atoms with Crippen molar-refractivity contribution in [3.8, 4) is 5.69 Å². The summed E-state index contributed by atoms with van der Waals surface area (Å²) in [6.07, 6.45) is 5.80. The van der Waals surface area contributed by atoms with Gasteiger partial charge < -0.3 is 9.47 Å². The SMILES string of the molecule is Cl.O=C1c2ccccc2-n2cncc2C2CCCN12. The van der Waals surface area contributed by atoms with Gasteiger partial charge in [0.15, 0.2) is 0 Å². The van der Waals surface area contributed by atoms with E-state index < -0.39 is 0 Å². The number of hydrogen-bond acceptors (Lipinski definition) is 2. The zero-order valence-corrected chi connectivity index (χ0v) is 11.1. The highest BCUT2D eigenvalue weighted by molar-refractivity contribution is 5.98. The molecule has 1 aromatic heterocycles. The number of carbonyl (C=O) groups is 1. The Morgan fingerprint density at radius 3 is 3.00 bits per heavy atom. The van der Waals surface area contributed by atoms with Gasteiger partial charge >= 0.3 is 0 Å². The molecule has 0 spiro atoms. The van der Waals surface area contributed by atoms with Crippen LogP contribution in [-0.4, -0.2) is 26.9 Å².